The number of anilines is 6. The van der Waals surface area contributed by atoms with Gasteiger partial charge in [-0.15, -0.1) is 0 Å². The van der Waals surface area contributed by atoms with Gasteiger partial charge in [-0.2, -0.15) is 0 Å². The van der Waals surface area contributed by atoms with E-state index in [-0.39, 0.29) is 34.8 Å². The molecular weight excluding hydrogens is 504 g/mol. The van der Waals surface area contributed by atoms with Crippen LogP contribution in [0.15, 0.2) is 61.1 Å². The SMILES string of the molecule is Cc1ccnc2c1NC(=O)c1cccnc1N2C1CC1.[2H]c1nc2c(c([2H])c1[2H])C(=O)Nc1c(nc([2H])c([2H])c1C([2H])([2H])[2H])N2C1CC1. The first-order chi connectivity index (χ1) is 22.8. The summed E-state index contributed by atoms with van der Waals surface area (Å²) in [6.07, 6.45) is 6.02. The minimum absolute atomic E-state index is 0.0502. The summed E-state index contributed by atoms with van der Waals surface area (Å²) in [5.41, 5.74) is 1.41. The number of amides is 2. The predicted molar refractivity (Wildman–Crippen MR) is 153 cm³/mol. The van der Waals surface area contributed by atoms with Crippen LogP contribution in [0.1, 0.15) is 68.5 Å². The largest absolute Gasteiger partial charge is 0.318 e. The Bertz CT molecular complexity index is 2030. The van der Waals surface area contributed by atoms with Gasteiger partial charge in [-0.3, -0.25) is 9.59 Å². The van der Waals surface area contributed by atoms with E-state index in [9.17, 15) is 9.59 Å². The maximum atomic E-state index is 12.9. The minimum Gasteiger partial charge on any atom is -0.318 e. The van der Waals surface area contributed by atoms with Crippen LogP contribution in [-0.4, -0.2) is 43.8 Å². The zero-order chi connectivity index (χ0) is 34.2. The molecule has 2 fully saturated rings. The highest BCUT2D eigenvalue weighted by molar-refractivity contribution is 6.12. The average Bonchev–Trinajstić information content (AvgIpc) is 3.94. The maximum absolute atomic E-state index is 12.9. The molecule has 0 saturated heterocycles. The lowest BCUT2D eigenvalue weighted by molar-refractivity contribution is 0.101. The summed E-state index contributed by atoms with van der Waals surface area (Å²) < 4.78 is 63.0. The van der Waals surface area contributed by atoms with Crippen LogP contribution in [0.3, 0.4) is 0 Å². The second-order valence-electron chi connectivity index (χ2n) is 9.91. The molecule has 200 valence electrons. The normalized spacial score (nSPS) is 20.2. The molecule has 0 bridgehead atoms. The molecule has 4 aromatic heterocycles. The van der Waals surface area contributed by atoms with Crippen LogP contribution in [0.4, 0.5) is 34.6 Å². The van der Waals surface area contributed by atoms with Crippen molar-refractivity contribution in [2.24, 2.45) is 0 Å². The van der Waals surface area contributed by atoms with Crippen LogP contribution in [-0.2, 0) is 0 Å². The van der Waals surface area contributed by atoms with E-state index in [2.05, 4.69) is 35.5 Å². The maximum Gasteiger partial charge on any atom is 0.259 e. The van der Waals surface area contributed by atoms with Crippen LogP contribution in [0.5, 0.6) is 0 Å². The number of carbonyl (C=O) groups is 2. The van der Waals surface area contributed by atoms with E-state index in [4.69, 9.17) is 11.0 Å². The van der Waals surface area contributed by atoms with E-state index >= 15 is 0 Å². The van der Waals surface area contributed by atoms with E-state index in [1.54, 1.807) is 18.5 Å². The summed E-state index contributed by atoms with van der Waals surface area (Å²) in [7, 11) is 0. The zero-order valence-corrected chi connectivity index (χ0v) is 21.4. The highest BCUT2D eigenvalue weighted by Crippen LogP contribution is 2.45. The van der Waals surface area contributed by atoms with E-state index < -0.39 is 48.8 Å². The molecule has 4 aromatic rings. The number of pyridine rings is 4. The van der Waals surface area contributed by atoms with Gasteiger partial charge in [0.1, 0.15) is 11.6 Å². The summed E-state index contributed by atoms with van der Waals surface area (Å²) in [5.74, 6) is 0.419. The highest BCUT2D eigenvalue weighted by Gasteiger charge is 2.39. The lowest BCUT2D eigenvalue weighted by Gasteiger charge is -2.23. The second-order valence-corrected chi connectivity index (χ2v) is 9.91. The van der Waals surface area contributed by atoms with Gasteiger partial charge in [0.05, 0.1) is 29.4 Å². The molecule has 2 aliphatic heterocycles. The van der Waals surface area contributed by atoms with Crippen molar-refractivity contribution in [3.05, 3.63) is 83.3 Å². The van der Waals surface area contributed by atoms with Crippen molar-refractivity contribution >= 4 is 46.5 Å². The molecule has 4 aliphatic rings. The third kappa shape index (κ3) is 4.12. The number of aromatic nitrogens is 4. The summed E-state index contributed by atoms with van der Waals surface area (Å²) in [4.78, 5) is 45.8. The number of carbonyl (C=O) groups excluding carboxylic acids is 2. The molecule has 0 aromatic carbocycles. The monoisotopic (exact) mass is 540 g/mol. The number of rotatable bonds is 2. The fourth-order valence-electron chi connectivity index (χ4n) is 4.84. The molecule has 10 heteroatoms. The predicted octanol–water partition coefficient (Wildman–Crippen LogP) is 5.30. The first-order valence-corrected chi connectivity index (χ1v) is 12.9. The number of hydrogen-bond acceptors (Lipinski definition) is 8. The Morgan fingerprint density at radius 1 is 0.775 bits per heavy atom. The molecule has 2 amide bonds. The van der Waals surface area contributed by atoms with Crippen molar-refractivity contribution in [1.29, 1.82) is 0 Å². The fraction of sp³-hybridized carbons (Fsp3) is 0.267. The number of nitrogens with one attached hydrogen (secondary N) is 2. The Labute approximate surface area is 242 Å². The molecule has 0 unspecified atom stereocenters. The van der Waals surface area contributed by atoms with Gasteiger partial charge in [-0.05, 0) is 86.9 Å². The summed E-state index contributed by atoms with van der Waals surface area (Å²) in [5, 5.41) is 5.39. The Hall–Kier alpha value is -4.86. The Morgan fingerprint density at radius 2 is 1.40 bits per heavy atom. The van der Waals surface area contributed by atoms with Crippen molar-refractivity contribution in [3.8, 4) is 0 Å². The average molecular weight is 541 g/mol. The van der Waals surface area contributed by atoms with Gasteiger partial charge >= 0.3 is 0 Å². The van der Waals surface area contributed by atoms with Gasteiger partial charge in [0.2, 0.25) is 0 Å². The highest BCUT2D eigenvalue weighted by atomic mass is 16.2. The van der Waals surface area contributed by atoms with Gasteiger partial charge in [0.25, 0.3) is 11.8 Å². The molecule has 2 saturated carbocycles. The van der Waals surface area contributed by atoms with E-state index in [0.717, 1.165) is 29.9 Å². The molecule has 0 spiro atoms. The fourth-order valence-corrected chi connectivity index (χ4v) is 4.84. The van der Waals surface area contributed by atoms with Gasteiger partial charge in [0.15, 0.2) is 11.6 Å². The van der Waals surface area contributed by atoms with Gasteiger partial charge < -0.3 is 20.4 Å². The lowest BCUT2D eigenvalue weighted by atomic mass is 10.2. The van der Waals surface area contributed by atoms with Gasteiger partial charge in [-0.1, -0.05) is 0 Å². The Balaban J connectivity index is 0.000000160. The molecule has 0 atom stereocenters. The molecule has 0 radical (unpaired) electrons. The van der Waals surface area contributed by atoms with Crippen molar-refractivity contribution in [3.63, 3.8) is 0 Å². The van der Waals surface area contributed by atoms with Gasteiger partial charge in [0, 0.05) is 40.9 Å². The zero-order valence-electron chi connectivity index (χ0n) is 29.4. The standard InChI is InChI=1S/2C15H14N4O/c2*1-9-6-8-17-14-12(9)18-15(20)11-3-2-7-16-13(11)19(14)10-4-5-10/h2*2-3,6-8,10H,4-5H2,1H3,(H,18,20)/i1D3,2D,3D,6D,7D,8D;. The quantitative estimate of drug-likeness (QED) is 0.352. The Kier molecular flexibility index (Phi) is 3.99. The molecule has 8 rings (SSSR count). The van der Waals surface area contributed by atoms with E-state index in [1.807, 2.05) is 19.1 Å². The minimum atomic E-state index is -2.79. The summed E-state index contributed by atoms with van der Waals surface area (Å²) in [6, 6.07) is 4.05. The third-order valence-electron chi connectivity index (χ3n) is 7.06. The van der Waals surface area contributed by atoms with E-state index in [0.29, 0.717) is 30.3 Å². The summed E-state index contributed by atoms with van der Waals surface area (Å²) >= 11 is 0. The number of fused-ring (bicyclic) bond motifs is 4. The van der Waals surface area contributed by atoms with Crippen LogP contribution in [0.25, 0.3) is 0 Å². The number of aryl methyl sites for hydroxylation is 1. The number of nitrogens with zero attached hydrogens (tertiary/aromatic N) is 6. The summed E-state index contributed by atoms with van der Waals surface area (Å²) in [6.45, 7) is -0.813. The third-order valence-corrected chi connectivity index (χ3v) is 7.06. The smallest absolute Gasteiger partial charge is 0.259 e. The van der Waals surface area contributed by atoms with Crippen LogP contribution < -0.4 is 20.4 Å². The second kappa shape index (κ2) is 9.41. The van der Waals surface area contributed by atoms with Crippen molar-refractivity contribution in [2.75, 3.05) is 20.4 Å². The number of hydrogen-bond donors (Lipinski definition) is 2. The van der Waals surface area contributed by atoms with Crippen molar-refractivity contribution in [2.45, 2.75) is 51.5 Å². The molecule has 40 heavy (non-hydrogen) atoms. The first kappa shape index (κ1) is 17.0. The molecule has 10 nitrogen and oxygen atoms in total. The van der Waals surface area contributed by atoms with Crippen molar-refractivity contribution in [1.82, 2.24) is 19.9 Å². The van der Waals surface area contributed by atoms with E-state index in [1.165, 1.54) is 4.90 Å². The molecule has 6 heterocycles. The van der Waals surface area contributed by atoms with Crippen molar-refractivity contribution < 1.29 is 20.6 Å². The molecular formula is C30H28N8O2. The Morgan fingerprint density at radius 3 is 2.12 bits per heavy atom. The topological polar surface area (TPSA) is 116 Å². The lowest BCUT2D eigenvalue weighted by Crippen LogP contribution is -2.22. The molecule has 2 aliphatic carbocycles. The van der Waals surface area contributed by atoms with Crippen LogP contribution >= 0.6 is 0 Å². The van der Waals surface area contributed by atoms with Gasteiger partial charge in [-0.25, -0.2) is 19.9 Å². The van der Waals surface area contributed by atoms with Crippen LogP contribution in [0.2, 0.25) is 0 Å². The first-order valence-electron chi connectivity index (χ1n) is 16.9. The van der Waals surface area contributed by atoms with Crippen LogP contribution in [0, 0.1) is 13.8 Å². The molecule has 2 N–H and O–H groups in total.